The molecule has 0 saturated heterocycles. The largest absolute Gasteiger partial charge is 0.360 e. The average Bonchev–Trinajstić information content (AvgIpc) is 3.28. The maximum absolute atomic E-state index is 12.8. The van der Waals surface area contributed by atoms with E-state index in [1.54, 1.807) is 25.1 Å². The van der Waals surface area contributed by atoms with Crippen molar-refractivity contribution in [2.45, 2.75) is 30.7 Å². The van der Waals surface area contributed by atoms with E-state index in [1.165, 1.54) is 16.4 Å². The van der Waals surface area contributed by atoms with Crippen LogP contribution >= 0.6 is 15.9 Å². The Balaban J connectivity index is 1.77. The topological polar surface area (TPSA) is 92.5 Å². The van der Waals surface area contributed by atoms with Crippen molar-refractivity contribution in [1.29, 1.82) is 0 Å². The van der Waals surface area contributed by atoms with Crippen molar-refractivity contribution in [3.8, 4) is 0 Å². The van der Waals surface area contributed by atoms with Gasteiger partial charge < -0.3 is 9.84 Å². The molecule has 1 saturated carbocycles. The van der Waals surface area contributed by atoms with Gasteiger partial charge in [-0.2, -0.15) is 4.31 Å². The number of rotatable bonds is 6. The molecule has 1 N–H and O–H groups in total. The molecule has 1 aliphatic carbocycles. The van der Waals surface area contributed by atoms with Crippen molar-refractivity contribution in [2.24, 2.45) is 0 Å². The summed E-state index contributed by atoms with van der Waals surface area (Å²) in [6.45, 7) is 1.45. The Morgan fingerprint density at radius 1 is 1.38 bits per heavy atom. The van der Waals surface area contributed by atoms with Crippen LogP contribution in [0.5, 0.6) is 0 Å². The zero-order valence-corrected chi connectivity index (χ0v) is 15.3. The van der Waals surface area contributed by atoms with E-state index in [0.29, 0.717) is 5.76 Å². The van der Waals surface area contributed by atoms with Gasteiger partial charge >= 0.3 is 0 Å². The SMILES string of the molecule is Cc1cc(NC(=O)CN(C2CC2)S(=O)(=O)c2ccc(Br)cc2)no1. The number of hydrogen-bond donors (Lipinski definition) is 1. The van der Waals surface area contributed by atoms with E-state index >= 15 is 0 Å². The number of sulfonamides is 1. The fourth-order valence-electron chi connectivity index (χ4n) is 2.26. The van der Waals surface area contributed by atoms with Crippen molar-refractivity contribution >= 4 is 37.7 Å². The molecule has 9 heteroatoms. The minimum atomic E-state index is -3.73. The van der Waals surface area contributed by atoms with Gasteiger partial charge in [0.05, 0.1) is 11.4 Å². The minimum absolute atomic E-state index is 0.136. The number of benzene rings is 1. The number of halogens is 1. The van der Waals surface area contributed by atoms with E-state index in [4.69, 9.17) is 4.52 Å². The number of aryl methyl sites for hydroxylation is 1. The lowest BCUT2D eigenvalue weighted by Gasteiger charge is -2.21. The van der Waals surface area contributed by atoms with Gasteiger partial charge in [-0.3, -0.25) is 4.79 Å². The molecule has 1 heterocycles. The molecular weight excluding hydrogens is 398 g/mol. The fraction of sp³-hybridized carbons (Fsp3) is 0.333. The number of amides is 1. The molecule has 2 aromatic rings. The number of carbonyl (C=O) groups is 1. The Morgan fingerprint density at radius 3 is 2.58 bits per heavy atom. The van der Waals surface area contributed by atoms with Gasteiger partial charge in [-0.05, 0) is 44.0 Å². The van der Waals surface area contributed by atoms with E-state index in [2.05, 4.69) is 26.4 Å². The summed E-state index contributed by atoms with van der Waals surface area (Å²) in [6.07, 6.45) is 1.51. The van der Waals surface area contributed by atoms with E-state index in [-0.39, 0.29) is 23.3 Å². The van der Waals surface area contributed by atoms with Crippen molar-refractivity contribution in [3.63, 3.8) is 0 Å². The molecule has 0 bridgehead atoms. The first-order valence-corrected chi connectivity index (χ1v) is 9.60. The Kier molecular flexibility index (Phi) is 4.75. The molecule has 128 valence electrons. The first-order valence-electron chi connectivity index (χ1n) is 7.37. The molecule has 0 unspecified atom stereocenters. The summed E-state index contributed by atoms with van der Waals surface area (Å²) in [7, 11) is -3.73. The highest BCUT2D eigenvalue weighted by Gasteiger charge is 2.39. The van der Waals surface area contributed by atoms with Crippen molar-refractivity contribution in [2.75, 3.05) is 11.9 Å². The molecular formula is C15H16BrN3O4S. The third-order valence-corrected chi connectivity index (χ3v) is 6.01. The van der Waals surface area contributed by atoms with Crippen molar-refractivity contribution in [1.82, 2.24) is 9.46 Å². The van der Waals surface area contributed by atoms with Crippen LogP contribution in [0.4, 0.5) is 5.82 Å². The van der Waals surface area contributed by atoms with Crippen molar-refractivity contribution in [3.05, 3.63) is 40.6 Å². The first-order chi connectivity index (χ1) is 11.4. The predicted molar refractivity (Wildman–Crippen MR) is 90.9 cm³/mol. The van der Waals surface area contributed by atoms with Crippen LogP contribution in [-0.4, -0.2) is 36.4 Å². The van der Waals surface area contributed by atoms with Crippen LogP contribution in [0.15, 0.2) is 44.2 Å². The van der Waals surface area contributed by atoms with Crippen LogP contribution < -0.4 is 5.32 Å². The molecule has 1 amide bonds. The Bertz CT molecular complexity index is 844. The number of nitrogens with zero attached hydrogens (tertiary/aromatic N) is 2. The highest BCUT2D eigenvalue weighted by molar-refractivity contribution is 9.10. The van der Waals surface area contributed by atoms with Crippen LogP contribution in [-0.2, 0) is 14.8 Å². The van der Waals surface area contributed by atoms with Crippen LogP contribution in [0.25, 0.3) is 0 Å². The molecule has 0 radical (unpaired) electrons. The number of hydrogen-bond acceptors (Lipinski definition) is 5. The van der Waals surface area contributed by atoms with E-state index in [1.807, 2.05) is 0 Å². The normalized spacial score (nSPS) is 14.8. The van der Waals surface area contributed by atoms with Crippen LogP contribution in [0.1, 0.15) is 18.6 Å². The molecule has 0 atom stereocenters. The number of anilines is 1. The van der Waals surface area contributed by atoms with Crippen LogP contribution in [0.2, 0.25) is 0 Å². The molecule has 0 aliphatic heterocycles. The van der Waals surface area contributed by atoms with Gasteiger partial charge in [-0.1, -0.05) is 21.1 Å². The van der Waals surface area contributed by atoms with Gasteiger partial charge in [-0.25, -0.2) is 8.42 Å². The quantitative estimate of drug-likeness (QED) is 0.785. The van der Waals surface area contributed by atoms with Crippen LogP contribution in [0.3, 0.4) is 0 Å². The standard InChI is InChI=1S/C15H16BrN3O4S/c1-10-8-14(18-23-10)17-15(20)9-19(12-4-5-12)24(21,22)13-6-2-11(16)3-7-13/h2-3,6-8,12H,4-5,9H2,1H3,(H,17,18,20). The molecule has 1 aromatic carbocycles. The lowest BCUT2D eigenvalue weighted by atomic mass is 10.4. The second-order valence-electron chi connectivity index (χ2n) is 5.61. The number of aromatic nitrogens is 1. The molecule has 1 aliphatic rings. The van der Waals surface area contributed by atoms with Gasteiger partial charge in [0.15, 0.2) is 5.82 Å². The summed E-state index contributed by atoms with van der Waals surface area (Å²) >= 11 is 3.28. The second-order valence-corrected chi connectivity index (χ2v) is 8.41. The van der Waals surface area contributed by atoms with Gasteiger partial charge in [0.1, 0.15) is 5.76 Å². The number of nitrogens with one attached hydrogen (secondary N) is 1. The fourth-order valence-corrected chi connectivity index (χ4v) is 4.17. The monoisotopic (exact) mass is 413 g/mol. The molecule has 1 fully saturated rings. The minimum Gasteiger partial charge on any atom is -0.360 e. The van der Waals surface area contributed by atoms with Gasteiger partial charge in [0.25, 0.3) is 0 Å². The molecule has 1 aromatic heterocycles. The van der Waals surface area contributed by atoms with Gasteiger partial charge in [0.2, 0.25) is 15.9 Å². The molecule has 24 heavy (non-hydrogen) atoms. The summed E-state index contributed by atoms with van der Waals surface area (Å²) in [5.74, 6) is 0.386. The van der Waals surface area contributed by atoms with E-state index in [0.717, 1.165) is 17.3 Å². The molecule has 3 rings (SSSR count). The first kappa shape index (κ1) is 17.1. The van der Waals surface area contributed by atoms with Gasteiger partial charge in [0, 0.05) is 16.6 Å². The van der Waals surface area contributed by atoms with Crippen LogP contribution in [0, 0.1) is 6.92 Å². The van der Waals surface area contributed by atoms with E-state index in [9.17, 15) is 13.2 Å². The summed E-state index contributed by atoms with van der Waals surface area (Å²) in [4.78, 5) is 12.4. The Morgan fingerprint density at radius 2 is 2.04 bits per heavy atom. The zero-order chi connectivity index (χ0) is 17.3. The van der Waals surface area contributed by atoms with E-state index < -0.39 is 15.9 Å². The summed E-state index contributed by atoms with van der Waals surface area (Å²) in [5.41, 5.74) is 0. The predicted octanol–water partition coefficient (Wildman–Crippen LogP) is 2.54. The summed E-state index contributed by atoms with van der Waals surface area (Å²) in [5, 5.41) is 6.22. The number of carbonyl (C=O) groups excluding carboxylic acids is 1. The third kappa shape index (κ3) is 3.85. The third-order valence-electron chi connectivity index (χ3n) is 3.57. The Labute approximate surface area is 148 Å². The summed E-state index contributed by atoms with van der Waals surface area (Å²) < 4.78 is 32.5. The lowest BCUT2D eigenvalue weighted by Crippen LogP contribution is -2.39. The zero-order valence-electron chi connectivity index (χ0n) is 12.9. The smallest absolute Gasteiger partial charge is 0.243 e. The molecule has 7 nitrogen and oxygen atoms in total. The average molecular weight is 414 g/mol. The Hall–Kier alpha value is -1.71. The maximum atomic E-state index is 12.8. The maximum Gasteiger partial charge on any atom is 0.243 e. The summed E-state index contributed by atoms with van der Waals surface area (Å²) in [6, 6.07) is 7.81. The molecule has 0 spiro atoms. The second kappa shape index (κ2) is 6.66. The lowest BCUT2D eigenvalue weighted by molar-refractivity contribution is -0.116. The highest BCUT2D eigenvalue weighted by Crippen LogP contribution is 2.32. The van der Waals surface area contributed by atoms with Gasteiger partial charge in [-0.15, -0.1) is 0 Å². The highest BCUT2D eigenvalue weighted by atomic mass is 79.9. The van der Waals surface area contributed by atoms with Crippen molar-refractivity contribution < 1.29 is 17.7 Å².